The summed E-state index contributed by atoms with van der Waals surface area (Å²) in [4.78, 5) is 21.8. The molecular weight excluding hydrogens is 253 g/mol. The molecule has 0 fully saturated rings. The lowest BCUT2D eigenvalue weighted by Gasteiger charge is -2.13. The normalized spacial score (nSPS) is 12.1. The second kappa shape index (κ2) is 5.18. The van der Waals surface area contributed by atoms with E-state index in [9.17, 15) is 9.59 Å². The van der Waals surface area contributed by atoms with Crippen LogP contribution >= 0.6 is 23.2 Å². The second-order valence-electron chi connectivity index (χ2n) is 3.20. The summed E-state index contributed by atoms with van der Waals surface area (Å²) in [5, 5.41) is 9.36. The van der Waals surface area contributed by atoms with E-state index in [4.69, 9.17) is 34.0 Å². The predicted molar refractivity (Wildman–Crippen MR) is 60.7 cm³/mol. The number of carbonyl (C=O) groups excluding carboxylic acids is 1. The highest BCUT2D eigenvalue weighted by Gasteiger charge is 2.25. The highest BCUT2D eigenvalue weighted by molar-refractivity contribution is 6.42. The minimum atomic E-state index is -1.16. The molecule has 0 aliphatic heterocycles. The number of benzene rings is 1. The van der Waals surface area contributed by atoms with E-state index in [1.165, 1.54) is 12.1 Å². The Morgan fingerprint density at radius 1 is 1.38 bits per heavy atom. The van der Waals surface area contributed by atoms with Crippen molar-refractivity contribution in [1.29, 1.82) is 0 Å². The summed E-state index contributed by atoms with van der Waals surface area (Å²) < 4.78 is 0. The summed E-state index contributed by atoms with van der Waals surface area (Å²) in [7, 11) is 0. The molecule has 1 atom stereocenters. The van der Waals surface area contributed by atoms with Crippen molar-refractivity contribution in [3.05, 3.63) is 33.8 Å². The summed E-state index contributed by atoms with van der Waals surface area (Å²) in [6.07, 6.45) is -0.310. The van der Waals surface area contributed by atoms with Gasteiger partial charge in [0, 0.05) is 6.42 Å². The fourth-order valence-electron chi connectivity index (χ4n) is 1.32. The van der Waals surface area contributed by atoms with Gasteiger partial charge in [-0.3, -0.25) is 9.59 Å². The van der Waals surface area contributed by atoms with Gasteiger partial charge in [0.15, 0.2) is 0 Å². The lowest BCUT2D eigenvalue weighted by Crippen LogP contribution is -2.21. The van der Waals surface area contributed by atoms with E-state index < -0.39 is 17.8 Å². The van der Waals surface area contributed by atoms with Gasteiger partial charge in [0.05, 0.1) is 16.0 Å². The van der Waals surface area contributed by atoms with Crippen molar-refractivity contribution in [2.75, 3.05) is 0 Å². The van der Waals surface area contributed by atoms with E-state index in [-0.39, 0.29) is 16.5 Å². The highest BCUT2D eigenvalue weighted by atomic mass is 35.5. The summed E-state index contributed by atoms with van der Waals surface area (Å²) in [5.41, 5.74) is 5.27. The molecule has 1 aromatic rings. The van der Waals surface area contributed by atoms with Gasteiger partial charge in [-0.25, -0.2) is 0 Å². The van der Waals surface area contributed by atoms with Gasteiger partial charge >= 0.3 is 5.97 Å². The number of carboxylic acids is 1. The first-order valence-electron chi connectivity index (χ1n) is 4.38. The average molecular weight is 262 g/mol. The number of nitrogens with two attached hydrogens (primary N) is 1. The fraction of sp³-hybridized carbons (Fsp3) is 0.200. The molecule has 1 rings (SSSR count). The Kier molecular flexibility index (Phi) is 4.15. The number of amides is 1. The Balaban J connectivity index is 3.16. The van der Waals surface area contributed by atoms with Crippen molar-refractivity contribution in [2.24, 2.45) is 5.73 Å². The summed E-state index contributed by atoms with van der Waals surface area (Å²) in [5.74, 6) is -2.94. The number of rotatable bonds is 4. The molecule has 1 amide bonds. The number of carboxylic acid groups (broad SMARTS) is 1. The highest BCUT2D eigenvalue weighted by Crippen LogP contribution is 2.32. The van der Waals surface area contributed by atoms with Crippen LogP contribution in [0.2, 0.25) is 10.0 Å². The largest absolute Gasteiger partial charge is 0.481 e. The van der Waals surface area contributed by atoms with Gasteiger partial charge in [0.25, 0.3) is 0 Å². The number of primary amides is 1. The first-order valence-corrected chi connectivity index (χ1v) is 5.14. The van der Waals surface area contributed by atoms with E-state index >= 15 is 0 Å². The molecule has 1 unspecified atom stereocenters. The molecule has 0 bridgehead atoms. The third kappa shape index (κ3) is 2.87. The number of hydrogen-bond donors (Lipinski definition) is 2. The van der Waals surface area contributed by atoms with Crippen molar-refractivity contribution in [3.63, 3.8) is 0 Å². The molecule has 16 heavy (non-hydrogen) atoms. The van der Waals surface area contributed by atoms with E-state index in [0.717, 1.165) is 0 Å². The molecule has 4 nitrogen and oxygen atoms in total. The average Bonchev–Trinajstić information content (AvgIpc) is 2.18. The molecule has 0 aromatic heterocycles. The monoisotopic (exact) mass is 261 g/mol. The topological polar surface area (TPSA) is 80.4 Å². The van der Waals surface area contributed by atoms with Crippen molar-refractivity contribution < 1.29 is 14.7 Å². The van der Waals surface area contributed by atoms with E-state index in [2.05, 4.69) is 0 Å². The van der Waals surface area contributed by atoms with E-state index in [1.807, 2.05) is 0 Å². The maximum absolute atomic E-state index is 11.0. The molecule has 0 saturated carbocycles. The molecule has 0 radical (unpaired) electrons. The van der Waals surface area contributed by atoms with Crippen LogP contribution in [0.4, 0.5) is 0 Å². The van der Waals surface area contributed by atoms with Gasteiger partial charge in [-0.05, 0) is 11.6 Å². The van der Waals surface area contributed by atoms with Gasteiger partial charge in [-0.15, -0.1) is 0 Å². The molecule has 86 valence electrons. The zero-order valence-corrected chi connectivity index (χ0v) is 9.63. The predicted octanol–water partition coefficient (Wildman–Crippen LogP) is 2.04. The number of hydrogen-bond acceptors (Lipinski definition) is 2. The van der Waals surface area contributed by atoms with Gasteiger partial charge in [-0.1, -0.05) is 35.3 Å². The number of aliphatic carboxylic acids is 1. The van der Waals surface area contributed by atoms with Crippen LogP contribution in [-0.2, 0) is 9.59 Å². The van der Waals surface area contributed by atoms with Crippen LogP contribution in [-0.4, -0.2) is 17.0 Å². The Bertz CT molecular complexity index is 434. The maximum Gasteiger partial charge on any atom is 0.311 e. The molecule has 0 heterocycles. The summed E-state index contributed by atoms with van der Waals surface area (Å²) in [6, 6.07) is 4.62. The van der Waals surface area contributed by atoms with Crippen LogP contribution in [0.1, 0.15) is 17.9 Å². The molecule has 0 spiro atoms. The smallest absolute Gasteiger partial charge is 0.311 e. The molecular formula is C10H9Cl2NO3. The summed E-state index contributed by atoms with van der Waals surface area (Å²) >= 11 is 11.6. The van der Waals surface area contributed by atoms with Crippen molar-refractivity contribution in [1.82, 2.24) is 0 Å². The van der Waals surface area contributed by atoms with Crippen LogP contribution in [0.25, 0.3) is 0 Å². The fourth-order valence-corrected chi connectivity index (χ4v) is 1.76. The van der Waals surface area contributed by atoms with Crippen molar-refractivity contribution >= 4 is 35.1 Å². The molecule has 3 N–H and O–H groups in total. The van der Waals surface area contributed by atoms with Crippen LogP contribution in [0.15, 0.2) is 18.2 Å². The van der Waals surface area contributed by atoms with Crippen molar-refractivity contribution in [2.45, 2.75) is 12.3 Å². The molecule has 6 heteroatoms. The Hall–Kier alpha value is -1.26. The lowest BCUT2D eigenvalue weighted by molar-refractivity contribution is -0.140. The Labute approximate surface area is 102 Å². The zero-order valence-electron chi connectivity index (χ0n) is 8.11. The molecule has 1 aromatic carbocycles. The first-order chi connectivity index (χ1) is 7.43. The Morgan fingerprint density at radius 2 is 2.00 bits per heavy atom. The quantitative estimate of drug-likeness (QED) is 0.871. The minimum absolute atomic E-state index is 0.137. The van der Waals surface area contributed by atoms with Crippen LogP contribution < -0.4 is 5.73 Å². The third-order valence-corrected chi connectivity index (χ3v) is 2.89. The van der Waals surface area contributed by atoms with Crippen LogP contribution in [0, 0.1) is 0 Å². The van der Waals surface area contributed by atoms with Crippen molar-refractivity contribution in [3.8, 4) is 0 Å². The lowest BCUT2D eigenvalue weighted by atomic mass is 9.95. The van der Waals surface area contributed by atoms with Gasteiger partial charge < -0.3 is 10.8 Å². The maximum atomic E-state index is 11.0. The standard InChI is InChI=1S/C10H9Cl2NO3/c11-7-3-1-2-5(9(7)12)6(10(15)16)4-8(13)14/h1-3,6H,4H2,(H2,13,14)(H,15,16). The zero-order chi connectivity index (χ0) is 12.3. The summed E-state index contributed by atoms with van der Waals surface area (Å²) in [6.45, 7) is 0. The molecule has 0 aliphatic rings. The van der Waals surface area contributed by atoms with Gasteiger partial charge in [-0.2, -0.15) is 0 Å². The molecule has 0 saturated heterocycles. The number of halogens is 2. The van der Waals surface area contributed by atoms with Gasteiger partial charge in [0.1, 0.15) is 0 Å². The molecule has 0 aliphatic carbocycles. The minimum Gasteiger partial charge on any atom is -0.481 e. The second-order valence-corrected chi connectivity index (χ2v) is 3.99. The SMILES string of the molecule is NC(=O)CC(C(=O)O)c1cccc(Cl)c1Cl. The van der Waals surface area contributed by atoms with Gasteiger partial charge in [0.2, 0.25) is 5.91 Å². The number of carbonyl (C=O) groups is 2. The van der Waals surface area contributed by atoms with Crippen LogP contribution in [0.5, 0.6) is 0 Å². The first kappa shape index (κ1) is 12.8. The van der Waals surface area contributed by atoms with E-state index in [1.54, 1.807) is 6.07 Å². The van der Waals surface area contributed by atoms with E-state index in [0.29, 0.717) is 5.56 Å². The van der Waals surface area contributed by atoms with Crippen LogP contribution in [0.3, 0.4) is 0 Å². The Morgan fingerprint density at radius 3 is 2.50 bits per heavy atom. The third-order valence-electron chi connectivity index (χ3n) is 2.06.